The van der Waals surface area contributed by atoms with E-state index in [1.54, 1.807) is 18.8 Å². The minimum Gasteiger partial charge on any atom is -0.463 e. The summed E-state index contributed by atoms with van der Waals surface area (Å²) in [6.07, 6.45) is 2.19. The van der Waals surface area contributed by atoms with Gasteiger partial charge in [-0.3, -0.25) is 0 Å². The lowest BCUT2D eigenvalue weighted by molar-refractivity contribution is 0.127. The summed E-state index contributed by atoms with van der Waals surface area (Å²) in [7, 11) is 1.79. The first kappa shape index (κ1) is 14.3. The Morgan fingerprint density at radius 3 is 2.89 bits per heavy atom. The van der Waals surface area contributed by atoms with E-state index < -0.39 is 0 Å². The summed E-state index contributed by atoms with van der Waals surface area (Å²) in [6, 6.07) is 0.385. The Labute approximate surface area is 117 Å². The largest absolute Gasteiger partial charge is 0.463 e. The number of hydrogen-bond donors (Lipinski definition) is 1. The molecule has 1 fully saturated rings. The second kappa shape index (κ2) is 6.91. The van der Waals surface area contributed by atoms with E-state index in [4.69, 9.17) is 9.47 Å². The smallest absolute Gasteiger partial charge is 0.322 e. The Kier molecular flexibility index (Phi) is 5.21. The fourth-order valence-electron chi connectivity index (χ4n) is 1.76. The van der Waals surface area contributed by atoms with Gasteiger partial charge in [0.05, 0.1) is 12.7 Å². The average molecular weight is 284 g/mol. The number of anilines is 1. The van der Waals surface area contributed by atoms with Gasteiger partial charge in [-0.1, -0.05) is 18.7 Å². The zero-order valence-electron chi connectivity index (χ0n) is 11.5. The van der Waals surface area contributed by atoms with E-state index in [0.29, 0.717) is 29.0 Å². The van der Waals surface area contributed by atoms with Crippen molar-refractivity contribution in [3.63, 3.8) is 0 Å². The van der Waals surface area contributed by atoms with Crippen LogP contribution in [0, 0.1) is 0 Å². The summed E-state index contributed by atoms with van der Waals surface area (Å²) in [5.41, 5.74) is 0. The van der Waals surface area contributed by atoms with Crippen molar-refractivity contribution in [1.82, 2.24) is 15.0 Å². The fourth-order valence-corrected chi connectivity index (χ4v) is 2.79. The number of nitrogens with one attached hydrogen (secondary N) is 1. The molecule has 1 aliphatic heterocycles. The van der Waals surface area contributed by atoms with Gasteiger partial charge in [-0.2, -0.15) is 15.0 Å². The molecule has 2 atom stereocenters. The van der Waals surface area contributed by atoms with E-state index in [1.807, 2.05) is 6.92 Å². The Morgan fingerprint density at radius 1 is 1.42 bits per heavy atom. The maximum Gasteiger partial charge on any atom is 0.322 e. The topological polar surface area (TPSA) is 69.2 Å². The molecule has 0 bridgehead atoms. The zero-order chi connectivity index (χ0) is 13.7. The van der Waals surface area contributed by atoms with Crippen LogP contribution in [-0.4, -0.2) is 46.6 Å². The van der Waals surface area contributed by atoms with E-state index in [-0.39, 0.29) is 6.10 Å². The first-order valence-electron chi connectivity index (χ1n) is 6.57. The Balaban J connectivity index is 2.09. The predicted octanol–water partition coefficient (Wildman–Crippen LogP) is 1.97. The summed E-state index contributed by atoms with van der Waals surface area (Å²) in [5, 5.41) is 4.02. The van der Waals surface area contributed by atoms with E-state index in [2.05, 4.69) is 27.2 Å². The van der Waals surface area contributed by atoms with Crippen LogP contribution in [-0.2, 0) is 4.74 Å². The molecule has 1 aromatic heterocycles. The van der Waals surface area contributed by atoms with Crippen molar-refractivity contribution in [2.45, 2.75) is 43.2 Å². The molecule has 1 aromatic rings. The number of nitrogens with zero attached hydrogens (tertiary/aromatic N) is 3. The van der Waals surface area contributed by atoms with Crippen molar-refractivity contribution in [3.05, 3.63) is 0 Å². The molecule has 1 saturated heterocycles. The SMILES string of the molecule is CCCOc1nc(NC)nc(SC2CCOC2C)n1. The molecule has 2 heterocycles. The van der Waals surface area contributed by atoms with Gasteiger partial charge >= 0.3 is 6.01 Å². The van der Waals surface area contributed by atoms with Crippen LogP contribution in [0.4, 0.5) is 5.95 Å². The normalized spacial score (nSPS) is 22.5. The van der Waals surface area contributed by atoms with Crippen LogP contribution in [0.25, 0.3) is 0 Å². The summed E-state index contributed by atoms with van der Waals surface area (Å²) >= 11 is 1.63. The van der Waals surface area contributed by atoms with Gasteiger partial charge in [0.1, 0.15) is 0 Å². The van der Waals surface area contributed by atoms with Crippen LogP contribution >= 0.6 is 11.8 Å². The summed E-state index contributed by atoms with van der Waals surface area (Å²) in [4.78, 5) is 12.9. The monoisotopic (exact) mass is 284 g/mol. The molecule has 7 heteroatoms. The van der Waals surface area contributed by atoms with Crippen LogP contribution in [0.2, 0.25) is 0 Å². The van der Waals surface area contributed by atoms with E-state index in [9.17, 15) is 0 Å². The maximum absolute atomic E-state index is 5.55. The number of thioether (sulfide) groups is 1. The lowest BCUT2D eigenvalue weighted by atomic mass is 10.3. The van der Waals surface area contributed by atoms with Crippen molar-refractivity contribution in [1.29, 1.82) is 0 Å². The number of ether oxygens (including phenoxy) is 2. The van der Waals surface area contributed by atoms with Crippen molar-refractivity contribution in [3.8, 4) is 6.01 Å². The van der Waals surface area contributed by atoms with E-state index >= 15 is 0 Å². The molecule has 0 amide bonds. The Morgan fingerprint density at radius 2 is 2.26 bits per heavy atom. The highest BCUT2D eigenvalue weighted by molar-refractivity contribution is 7.99. The van der Waals surface area contributed by atoms with Crippen molar-refractivity contribution in [2.24, 2.45) is 0 Å². The predicted molar refractivity (Wildman–Crippen MR) is 74.8 cm³/mol. The van der Waals surface area contributed by atoms with Gasteiger partial charge in [0, 0.05) is 18.9 Å². The quantitative estimate of drug-likeness (QED) is 0.856. The molecule has 0 saturated carbocycles. The third-order valence-corrected chi connectivity index (χ3v) is 4.13. The molecule has 19 heavy (non-hydrogen) atoms. The molecule has 0 aromatic carbocycles. The molecule has 2 unspecified atom stereocenters. The number of rotatable bonds is 6. The average Bonchev–Trinajstić information content (AvgIpc) is 2.81. The van der Waals surface area contributed by atoms with Gasteiger partial charge in [0.25, 0.3) is 0 Å². The molecule has 0 spiro atoms. The molecular formula is C12H20N4O2S. The van der Waals surface area contributed by atoms with Crippen molar-refractivity contribution >= 4 is 17.7 Å². The third-order valence-electron chi connectivity index (χ3n) is 2.82. The van der Waals surface area contributed by atoms with Crippen LogP contribution in [0.3, 0.4) is 0 Å². The van der Waals surface area contributed by atoms with Crippen LogP contribution in [0.15, 0.2) is 5.16 Å². The summed E-state index contributed by atoms with van der Waals surface area (Å²) in [6.45, 7) is 5.55. The highest BCUT2D eigenvalue weighted by Gasteiger charge is 2.26. The molecule has 1 aliphatic rings. The fraction of sp³-hybridized carbons (Fsp3) is 0.750. The highest BCUT2D eigenvalue weighted by atomic mass is 32.2. The Hall–Kier alpha value is -1.08. The molecule has 0 radical (unpaired) electrons. The number of hydrogen-bond acceptors (Lipinski definition) is 7. The Bertz CT molecular complexity index is 419. The minimum atomic E-state index is 0.236. The highest BCUT2D eigenvalue weighted by Crippen LogP contribution is 2.31. The molecule has 0 aliphatic carbocycles. The van der Waals surface area contributed by atoms with Gasteiger partial charge in [0.2, 0.25) is 5.95 Å². The molecular weight excluding hydrogens is 264 g/mol. The van der Waals surface area contributed by atoms with Crippen LogP contribution in [0.1, 0.15) is 26.7 Å². The first-order valence-corrected chi connectivity index (χ1v) is 7.45. The zero-order valence-corrected chi connectivity index (χ0v) is 12.4. The second-order valence-corrected chi connectivity index (χ2v) is 5.55. The first-order chi connectivity index (χ1) is 9.22. The van der Waals surface area contributed by atoms with Gasteiger partial charge in [-0.15, -0.1) is 0 Å². The third kappa shape index (κ3) is 3.94. The lowest BCUT2D eigenvalue weighted by Crippen LogP contribution is -2.14. The minimum absolute atomic E-state index is 0.236. The van der Waals surface area contributed by atoms with E-state index in [0.717, 1.165) is 19.4 Å². The molecule has 1 N–H and O–H groups in total. The second-order valence-electron chi connectivity index (χ2n) is 4.34. The summed E-state index contributed by atoms with van der Waals surface area (Å²) < 4.78 is 11.0. The van der Waals surface area contributed by atoms with Gasteiger partial charge in [-0.25, -0.2) is 0 Å². The van der Waals surface area contributed by atoms with E-state index in [1.165, 1.54) is 0 Å². The van der Waals surface area contributed by atoms with Gasteiger partial charge in [0.15, 0.2) is 5.16 Å². The van der Waals surface area contributed by atoms with Crippen LogP contribution < -0.4 is 10.1 Å². The standard InChI is InChI=1S/C12H20N4O2S/c1-4-6-18-11-14-10(13-3)15-12(16-11)19-9-5-7-17-8(9)2/h8-9H,4-7H2,1-3H3,(H,13,14,15,16). The van der Waals surface area contributed by atoms with Gasteiger partial charge in [-0.05, 0) is 19.8 Å². The van der Waals surface area contributed by atoms with Crippen molar-refractivity contribution in [2.75, 3.05) is 25.6 Å². The van der Waals surface area contributed by atoms with Gasteiger partial charge < -0.3 is 14.8 Å². The van der Waals surface area contributed by atoms with Crippen molar-refractivity contribution < 1.29 is 9.47 Å². The summed E-state index contributed by atoms with van der Waals surface area (Å²) in [5.74, 6) is 0.537. The molecule has 106 valence electrons. The lowest BCUT2D eigenvalue weighted by Gasteiger charge is -2.13. The molecule has 2 rings (SSSR count). The number of aromatic nitrogens is 3. The maximum atomic E-state index is 5.55. The molecule has 6 nitrogen and oxygen atoms in total. The van der Waals surface area contributed by atoms with Crippen LogP contribution in [0.5, 0.6) is 6.01 Å².